The van der Waals surface area contributed by atoms with Crippen LogP contribution in [0.1, 0.15) is 46.9 Å². The second-order valence-corrected chi connectivity index (χ2v) is 13.6. The van der Waals surface area contributed by atoms with Gasteiger partial charge in [0.05, 0.1) is 43.0 Å². The molecule has 0 saturated carbocycles. The monoisotopic (exact) mass is 874 g/mol. The van der Waals surface area contributed by atoms with Crippen LogP contribution in [0.5, 0.6) is 5.75 Å². The number of carbonyl (C=O) groups is 2. The summed E-state index contributed by atoms with van der Waals surface area (Å²) in [5.74, 6) is -1.11. The Morgan fingerprint density at radius 1 is 1.04 bits per heavy atom. The number of thiazole rings is 1. The minimum absolute atomic E-state index is 0.0948. The molecule has 1 atom stereocenters. The molecule has 0 fully saturated rings. The summed E-state index contributed by atoms with van der Waals surface area (Å²) in [4.78, 5) is 42.4. The van der Waals surface area contributed by atoms with E-state index in [-0.39, 0.29) is 34.7 Å². The third-order valence-corrected chi connectivity index (χ3v) is 9.57. The zero-order valence-corrected chi connectivity index (χ0v) is 30.4. The van der Waals surface area contributed by atoms with E-state index < -0.39 is 41.0 Å². The second kappa shape index (κ2) is 15.0. The third kappa shape index (κ3) is 7.71. The number of benzene rings is 3. The zero-order valence-electron chi connectivity index (χ0n) is 25.1. The minimum atomic E-state index is -5.01. The molecule has 3 aromatic carbocycles. The predicted octanol–water partition coefficient (Wildman–Crippen LogP) is 7.12. The van der Waals surface area contributed by atoms with Crippen molar-refractivity contribution in [2.45, 2.75) is 32.7 Å². The van der Waals surface area contributed by atoms with Gasteiger partial charge in [-0.1, -0.05) is 47.2 Å². The van der Waals surface area contributed by atoms with E-state index in [4.69, 9.17) is 25.8 Å². The Balaban J connectivity index is 1.53. The van der Waals surface area contributed by atoms with Crippen LogP contribution < -0.4 is 19.6 Å². The van der Waals surface area contributed by atoms with Crippen LogP contribution in [0.15, 0.2) is 86.2 Å². The summed E-state index contributed by atoms with van der Waals surface area (Å²) in [6.07, 6.45) is -3.48. The third-order valence-electron chi connectivity index (χ3n) is 6.95. The van der Waals surface area contributed by atoms with Gasteiger partial charge < -0.3 is 14.2 Å². The Kier molecular flexibility index (Phi) is 11.2. The number of rotatable bonds is 9. The summed E-state index contributed by atoms with van der Waals surface area (Å²) in [5.41, 5.74) is -0.834. The number of nitrogens with zero attached hydrogens (tertiary/aromatic N) is 2. The molecule has 15 heteroatoms. The van der Waals surface area contributed by atoms with Crippen LogP contribution in [-0.4, -0.2) is 35.9 Å². The van der Waals surface area contributed by atoms with E-state index in [1.165, 1.54) is 37.3 Å². The van der Waals surface area contributed by atoms with Gasteiger partial charge in [-0.3, -0.25) is 9.36 Å². The molecule has 4 aromatic rings. The van der Waals surface area contributed by atoms with Crippen molar-refractivity contribution in [1.82, 2.24) is 4.57 Å². The topological polar surface area (TPSA) is 96.2 Å². The van der Waals surface area contributed by atoms with Crippen molar-refractivity contribution in [2.75, 3.05) is 13.2 Å². The van der Waals surface area contributed by atoms with Crippen LogP contribution in [0.4, 0.5) is 13.2 Å². The average Bonchev–Trinajstić information content (AvgIpc) is 3.34. The number of hydrogen-bond acceptors (Lipinski definition) is 8. The number of aromatic nitrogens is 1. The Bertz CT molecular complexity index is 2070. The smallest absolute Gasteiger partial charge is 0.434 e. The number of ether oxygens (including phenoxy) is 3. The second-order valence-electron chi connectivity index (χ2n) is 10.1. The molecule has 0 saturated heterocycles. The van der Waals surface area contributed by atoms with E-state index in [1.807, 2.05) is 0 Å². The lowest BCUT2D eigenvalue weighted by atomic mass is 9.95. The molecule has 0 spiro atoms. The molecule has 8 nitrogen and oxygen atoms in total. The highest BCUT2D eigenvalue weighted by molar-refractivity contribution is 14.1. The Morgan fingerprint density at radius 3 is 2.29 bits per heavy atom. The first-order valence-electron chi connectivity index (χ1n) is 14.3. The van der Waals surface area contributed by atoms with Crippen molar-refractivity contribution in [1.29, 1.82) is 0 Å². The van der Waals surface area contributed by atoms with Crippen molar-refractivity contribution in [3.8, 4) is 5.75 Å². The largest absolute Gasteiger partial charge is 0.487 e. The number of fused-ring (bicyclic) bond motifs is 1. The lowest BCUT2D eigenvalue weighted by Crippen LogP contribution is -2.41. The highest BCUT2D eigenvalue weighted by Crippen LogP contribution is 2.39. The van der Waals surface area contributed by atoms with Gasteiger partial charge in [0.2, 0.25) is 0 Å². The molecule has 48 heavy (non-hydrogen) atoms. The molecule has 2 heterocycles. The fourth-order valence-electron chi connectivity index (χ4n) is 4.86. The van der Waals surface area contributed by atoms with Crippen LogP contribution in [-0.2, 0) is 20.9 Å². The van der Waals surface area contributed by atoms with E-state index in [0.29, 0.717) is 29.9 Å². The van der Waals surface area contributed by atoms with Gasteiger partial charge in [0.15, 0.2) is 10.5 Å². The lowest BCUT2D eigenvalue weighted by molar-refractivity contribution is -0.140. The highest BCUT2D eigenvalue weighted by Gasteiger charge is 2.45. The number of halogens is 6. The first kappa shape index (κ1) is 35.8. The van der Waals surface area contributed by atoms with Gasteiger partial charge in [-0.05, 0) is 112 Å². The Labute approximate surface area is 302 Å². The van der Waals surface area contributed by atoms with Crippen LogP contribution in [0.3, 0.4) is 0 Å². The molecule has 1 aliphatic heterocycles. The van der Waals surface area contributed by atoms with Crippen LogP contribution >= 0.6 is 61.5 Å². The molecule has 1 aliphatic rings. The maximum absolute atomic E-state index is 14.4. The quantitative estimate of drug-likeness (QED) is 0.131. The summed E-state index contributed by atoms with van der Waals surface area (Å²) < 4.78 is 61.6. The Morgan fingerprint density at radius 2 is 1.69 bits per heavy atom. The summed E-state index contributed by atoms with van der Waals surface area (Å²) in [6, 6.07) is 14.7. The predicted molar refractivity (Wildman–Crippen MR) is 186 cm³/mol. The lowest BCUT2D eigenvalue weighted by Gasteiger charge is -2.26. The zero-order chi connectivity index (χ0) is 34.7. The maximum Gasteiger partial charge on any atom is 0.434 e. The number of esters is 2. The van der Waals surface area contributed by atoms with E-state index in [0.717, 1.165) is 21.5 Å². The van der Waals surface area contributed by atoms with Crippen molar-refractivity contribution >= 4 is 79.5 Å². The van der Waals surface area contributed by atoms with Gasteiger partial charge in [0, 0.05) is 5.02 Å². The van der Waals surface area contributed by atoms with Crippen molar-refractivity contribution in [3.63, 3.8) is 0 Å². The van der Waals surface area contributed by atoms with Crippen molar-refractivity contribution in [2.24, 2.45) is 4.99 Å². The van der Waals surface area contributed by atoms with Gasteiger partial charge in [-0.25, -0.2) is 14.6 Å². The summed E-state index contributed by atoms with van der Waals surface area (Å²) >= 11 is 12.4. The molecular weight excluding hydrogens is 852 g/mol. The van der Waals surface area contributed by atoms with Gasteiger partial charge in [0.25, 0.3) is 5.56 Å². The van der Waals surface area contributed by atoms with E-state index >= 15 is 0 Å². The van der Waals surface area contributed by atoms with E-state index in [1.54, 1.807) is 43.3 Å². The molecule has 0 aliphatic carbocycles. The average molecular weight is 876 g/mol. The normalized spacial score (nSPS) is 14.8. The maximum atomic E-state index is 14.4. The molecule has 0 unspecified atom stereocenters. The van der Waals surface area contributed by atoms with E-state index in [9.17, 15) is 27.6 Å². The molecule has 0 radical (unpaired) electrons. The van der Waals surface area contributed by atoms with Crippen molar-refractivity contribution < 1.29 is 37.0 Å². The minimum Gasteiger partial charge on any atom is -0.487 e. The van der Waals surface area contributed by atoms with Gasteiger partial charge in [-0.2, -0.15) is 13.2 Å². The molecule has 0 amide bonds. The van der Waals surface area contributed by atoms with Crippen LogP contribution in [0, 0.1) is 3.57 Å². The first-order valence-corrected chi connectivity index (χ1v) is 17.3. The van der Waals surface area contributed by atoms with Gasteiger partial charge in [-0.15, -0.1) is 0 Å². The number of carbonyl (C=O) groups excluding carboxylic acids is 2. The fraction of sp³-hybridized carbons (Fsp3) is 0.212. The molecular formula is C33H24BrClF3IN2O6S. The van der Waals surface area contributed by atoms with E-state index in [2.05, 4.69) is 43.5 Å². The molecule has 1 aromatic heterocycles. The van der Waals surface area contributed by atoms with Gasteiger partial charge >= 0.3 is 18.1 Å². The summed E-state index contributed by atoms with van der Waals surface area (Å²) in [7, 11) is 0. The fourth-order valence-corrected chi connectivity index (χ4v) is 7.76. The van der Waals surface area contributed by atoms with Crippen LogP contribution in [0.2, 0.25) is 5.02 Å². The highest BCUT2D eigenvalue weighted by atomic mass is 127. The van der Waals surface area contributed by atoms with Crippen LogP contribution in [0.25, 0.3) is 6.08 Å². The summed E-state index contributed by atoms with van der Waals surface area (Å²) in [6.45, 7) is 3.50. The number of alkyl halides is 3. The van der Waals surface area contributed by atoms with Gasteiger partial charge in [0.1, 0.15) is 12.4 Å². The number of allylic oxidation sites excluding steroid dienone is 1. The molecule has 250 valence electrons. The first-order chi connectivity index (χ1) is 22.8. The SMILES string of the molecule is CCOC(=O)C1=C(C(F)(F)F)N=c2s/c(=C\c3cc(Br)c(OCc4ccc(C(=O)OCC)cc4)c(I)c3)c(=O)n2[C@@H]1c1ccc(Cl)cc1. The molecule has 5 rings (SSSR count). The summed E-state index contributed by atoms with van der Waals surface area (Å²) in [5, 5.41) is 0.323. The molecule has 0 bridgehead atoms. The number of hydrogen-bond donors (Lipinski definition) is 0. The standard InChI is InChI=1S/C33H24BrClF3IN2O6S/c1-3-45-30(43)20-7-5-17(6-8-20)16-47-27-22(34)13-18(14-23(27)39)15-24-29(42)41-26(19-9-11-21(35)12-10-19)25(31(44)46-4-2)28(33(36,37)38)40-32(41)48-24/h5-15,26H,3-4,16H2,1-2H3/b24-15-/t26-/m1/s1. The van der Waals surface area contributed by atoms with Crippen molar-refractivity contribution in [3.05, 3.63) is 127 Å². The molecule has 0 N–H and O–H groups in total. The Hall–Kier alpha value is -3.47.